The minimum absolute atomic E-state index is 0.0254. The number of H-pyrrole nitrogens is 1. The summed E-state index contributed by atoms with van der Waals surface area (Å²) in [4.78, 5) is 22.1. The summed E-state index contributed by atoms with van der Waals surface area (Å²) in [6.07, 6.45) is 3.55. The third-order valence-electron chi connectivity index (χ3n) is 5.51. The lowest BCUT2D eigenvalue weighted by Gasteiger charge is -2.28. The van der Waals surface area contributed by atoms with E-state index in [9.17, 15) is 4.79 Å². The smallest absolute Gasteiger partial charge is 0.253 e. The zero-order valence-electron chi connectivity index (χ0n) is 18.6. The van der Waals surface area contributed by atoms with Gasteiger partial charge >= 0.3 is 0 Å². The van der Waals surface area contributed by atoms with Crippen LogP contribution in [0.25, 0.3) is 10.9 Å². The van der Waals surface area contributed by atoms with Gasteiger partial charge < -0.3 is 19.9 Å². The predicted molar refractivity (Wildman–Crippen MR) is 135 cm³/mol. The summed E-state index contributed by atoms with van der Waals surface area (Å²) < 4.78 is 5.27. The van der Waals surface area contributed by atoms with Gasteiger partial charge in [0.2, 0.25) is 0 Å². The minimum atomic E-state index is -0.147. The zero-order valence-corrected chi connectivity index (χ0v) is 19.4. The first-order chi connectivity index (χ1) is 16.0. The Balaban J connectivity index is 1.61. The number of methoxy groups -OCH3 is 1. The summed E-state index contributed by atoms with van der Waals surface area (Å²) in [6.45, 7) is 2.96. The van der Waals surface area contributed by atoms with Gasteiger partial charge in [0.15, 0.2) is 5.11 Å². The van der Waals surface area contributed by atoms with Gasteiger partial charge in [0.25, 0.3) is 5.56 Å². The van der Waals surface area contributed by atoms with Crippen LogP contribution in [0.4, 0.5) is 0 Å². The van der Waals surface area contributed by atoms with E-state index in [4.69, 9.17) is 17.0 Å². The molecule has 0 bridgehead atoms. The fourth-order valence-corrected chi connectivity index (χ4v) is 3.99. The third kappa shape index (κ3) is 5.56. The molecule has 0 saturated carbocycles. The molecule has 6 nitrogen and oxygen atoms in total. The van der Waals surface area contributed by atoms with Crippen molar-refractivity contribution in [3.05, 3.63) is 106 Å². The van der Waals surface area contributed by atoms with Gasteiger partial charge in [-0.3, -0.25) is 9.78 Å². The number of nitrogens with zero attached hydrogens (tertiary/aromatic N) is 2. The number of fused-ring (bicyclic) bond motifs is 1. The first-order valence-corrected chi connectivity index (χ1v) is 11.1. The summed E-state index contributed by atoms with van der Waals surface area (Å²) in [6, 6.07) is 21.6. The van der Waals surface area contributed by atoms with Gasteiger partial charge in [0.05, 0.1) is 25.2 Å². The lowest BCUT2D eigenvalue weighted by Crippen LogP contribution is -2.41. The van der Waals surface area contributed by atoms with E-state index < -0.39 is 0 Å². The molecule has 1 atom stereocenters. The van der Waals surface area contributed by atoms with Gasteiger partial charge in [0, 0.05) is 30.6 Å². The molecule has 0 fully saturated rings. The van der Waals surface area contributed by atoms with Crippen LogP contribution in [0.15, 0.2) is 83.9 Å². The number of aromatic nitrogens is 2. The molecular formula is C26H26N4O2S. The standard InChI is InChI=1S/C26H26N4O2S/c1-18(20-8-4-3-5-9-20)28-26(33)30(16-19-7-6-12-27-15-19)17-22-13-21-10-11-23(32-2)14-24(21)29-25(22)31/h3-15,18H,16-17H2,1-2H3,(H,28,33)(H,29,31). The fourth-order valence-electron chi connectivity index (χ4n) is 3.69. The Morgan fingerprint density at radius 1 is 1.12 bits per heavy atom. The van der Waals surface area contributed by atoms with Crippen LogP contribution < -0.4 is 15.6 Å². The Morgan fingerprint density at radius 2 is 1.94 bits per heavy atom. The van der Waals surface area contributed by atoms with Crippen LogP contribution in [-0.2, 0) is 13.1 Å². The summed E-state index contributed by atoms with van der Waals surface area (Å²) >= 11 is 5.79. The van der Waals surface area contributed by atoms with E-state index in [-0.39, 0.29) is 11.6 Å². The van der Waals surface area contributed by atoms with Crippen LogP contribution in [0.1, 0.15) is 29.7 Å². The van der Waals surface area contributed by atoms with Crippen molar-refractivity contribution < 1.29 is 4.74 Å². The second-order valence-electron chi connectivity index (χ2n) is 7.88. The second kappa shape index (κ2) is 10.3. The Bertz CT molecular complexity index is 1290. The molecule has 2 N–H and O–H groups in total. The number of aromatic amines is 1. The van der Waals surface area contributed by atoms with Gasteiger partial charge in [-0.05, 0) is 59.9 Å². The maximum Gasteiger partial charge on any atom is 0.253 e. The molecule has 4 rings (SSSR count). The van der Waals surface area contributed by atoms with Gasteiger partial charge in [-0.2, -0.15) is 0 Å². The van der Waals surface area contributed by atoms with Crippen molar-refractivity contribution in [1.29, 1.82) is 0 Å². The quantitative estimate of drug-likeness (QED) is 0.396. The van der Waals surface area contributed by atoms with Crippen LogP contribution in [0, 0.1) is 0 Å². The van der Waals surface area contributed by atoms with E-state index >= 15 is 0 Å². The van der Waals surface area contributed by atoms with Gasteiger partial charge in [-0.15, -0.1) is 0 Å². The topological polar surface area (TPSA) is 70.2 Å². The van der Waals surface area contributed by atoms with E-state index in [1.165, 1.54) is 0 Å². The van der Waals surface area contributed by atoms with Crippen LogP contribution >= 0.6 is 12.2 Å². The van der Waals surface area contributed by atoms with Crippen molar-refractivity contribution in [3.8, 4) is 5.75 Å². The van der Waals surface area contributed by atoms with E-state index in [1.807, 2.05) is 65.7 Å². The number of thiocarbonyl (C=S) groups is 1. The molecule has 0 spiro atoms. The number of benzene rings is 2. The normalized spacial score (nSPS) is 11.7. The van der Waals surface area contributed by atoms with Crippen molar-refractivity contribution in [2.45, 2.75) is 26.1 Å². The van der Waals surface area contributed by atoms with Gasteiger partial charge in [-0.25, -0.2) is 0 Å². The minimum Gasteiger partial charge on any atom is -0.497 e. The Morgan fingerprint density at radius 3 is 2.67 bits per heavy atom. The maximum atomic E-state index is 12.9. The van der Waals surface area contributed by atoms with Crippen molar-refractivity contribution in [2.24, 2.45) is 0 Å². The number of hydrogen-bond donors (Lipinski definition) is 2. The zero-order chi connectivity index (χ0) is 23.2. The molecule has 0 aliphatic heterocycles. The molecule has 1 unspecified atom stereocenters. The highest BCUT2D eigenvalue weighted by Gasteiger charge is 2.17. The molecule has 0 radical (unpaired) electrons. The van der Waals surface area contributed by atoms with Crippen LogP contribution in [-0.4, -0.2) is 27.1 Å². The first-order valence-electron chi connectivity index (χ1n) is 10.7. The number of nitrogens with one attached hydrogen (secondary N) is 2. The van der Waals surface area contributed by atoms with Gasteiger partial charge in [0.1, 0.15) is 5.75 Å². The molecule has 33 heavy (non-hydrogen) atoms. The molecule has 2 aromatic heterocycles. The molecule has 0 aliphatic rings. The Labute approximate surface area is 198 Å². The largest absolute Gasteiger partial charge is 0.497 e. The van der Waals surface area contributed by atoms with E-state index in [1.54, 1.807) is 13.3 Å². The molecule has 2 aromatic carbocycles. The van der Waals surface area contributed by atoms with Crippen molar-refractivity contribution >= 4 is 28.2 Å². The van der Waals surface area contributed by atoms with Crippen LogP contribution in [0.3, 0.4) is 0 Å². The monoisotopic (exact) mass is 458 g/mol. The number of pyridine rings is 2. The molecular weight excluding hydrogens is 432 g/mol. The first kappa shape index (κ1) is 22.5. The highest BCUT2D eigenvalue weighted by atomic mass is 32.1. The number of rotatable bonds is 7. The van der Waals surface area contributed by atoms with Gasteiger partial charge in [-0.1, -0.05) is 36.4 Å². The van der Waals surface area contributed by atoms with E-state index in [0.29, 0.717) is 29.5 Å². The summed E-state index contributed by atoms with van der Waals surface area (Å²) in [5, 5.41) is 4.92. The Hall–Kier alpha value is -3.71. The molecule has 0 amide bonds. The average molecular weight is 459 g/mol. The third-order valence-corrected chi connectivity index (χ3v) is 5.89. The fraction of sp³-hybridized carbons (Fsp3) is 0.192. The highest BCUT2D eigenvalue weighted by molar-refractivity contribution is 7.80. The number of hydrogen-bond acceptors (Lipinski definition) is 4. The molecule has 7 heteroatoms. The van der Waals surface area contributed by atoms with Crippen molar-refractivity contribution in [3.63, 3.8) is 0 Å². The van der Waals surface area contributed by atoms with E-state index in [2.05, 4.69) is 34.3 Å². The predicted octanol–water partition coefficient (Wildman–Crippen LogP) is 4.57. The number of ether oxygens (including phenoxy) is 1. The second-order valence-corrected chi connectivity index (χ2v) is 8.26. The highest BCUT2D eigenvalue weighted by Crippen LogP contribution is 2.20. The summed E-state index contributed by atoms with van der Waals surface area (Å²) in [5.41, 5.74) is 3.37. The van der Waals surface area contributed by atoms with E-state index in [0.717, 1.165) is 22.0 Å². The summed E-state index contributed by atoms with van der Waals surface area (Å²) in [5.74, 6) is 0.699. The molecule has 0 aliphatic carbocycles. The van der Waals surface area contributed by atoms with Crippen LogP contribution in [0.2, 0.25) is 0 Å². The van der Waals surface area contributed by atoms with Crippen molar-refractivity contribution in [2.75, 3.05) is 7.11 Å². The Kier molecular flexibility index (Phi) is 7.00. The van der Waals surface area contributed by atoms with Crippen LogP contribution in [0.5, 0.6) is 5.75 Å². The molecule has 168 valence electrons. The lowest BCUT2D eigenvalue weighted by atomic mass is 10.1. The molecule has 4 aromatic rings. The molecule has 0 saturated heterocycles. The maximum absolute atomic E-state index is 12.9. The molecule has 2 heterocycles. The average Bonchev–Trinajstić information content (AvgIpc) is 2.84. The SMILES string of the molecule is COc1ccc2cc(CN(Cc3cccnc3)C(=S)NC(C)c3ccccc3)c(=O)[nH]c2c1. The summed E-state index contributed by atoms with van der Waals surface area (Å²) in [7, 11) is 1.61. The lowest BCUT2D eigenvalue weighted by molar-refractivity contribution is 0.391. The van der Waals surface area contributed by atoms with Crippen molar-refractivity contribution in [1.82, 2.24) is 20.2 Å².